The number of amides is 1. The Balaban J connectivity index is 2.04. The molecule has 0 fully saturated rings. The van der Waals surface area contributed by atoms with Crippen molar-refractivity contribution in [3.63, 3.8) is 0 Å². The molecule has 0 unspecified atom stereocenters. The van der Waals surface area contributed by atoms with Gasteiger partial charge in [0.1, 0.15) is 5.82 Å². The van der Waals surface area contributed by atoms with Crippen LogP contribution in [0.25, 0.3) is 6.08 Å². The monoisotopic (exact) mass is 313 g/mol. The minimum absolute atomic E-state index is 0.282. The number of methoxy groups -OCH3 is 1. The molecule has 6 heteroatoms. The van der Waals surface area contributed by atoms with Crippen LogP contribution in [-0.2, 0) is 4.79 Å². The molecular weight excluding hydrogens is 294 g/mol. The molecule has 0 aliphatic carbocycles. The zero-order valence-corrected chi connectivity index (χ0v) is 13.1. The summed E-state index contributed by atoms with van der Waals surface area (Å²) >= 11 is 0. The maximum absolute atomic E-state index is 11.9. The summed E-state index contributed by atoms with van der Waals surface area (Å²) in [7, 11) is 1.57. The van der Waals surface area contributed by atoms with Gasteiger partial charge in [-0.25, -0.2) is 4.98 Å². The highest BCUT2D eigenvalue weighted by atomic mass is 16.5. The number of nitrogens with one attached hydrogen (secondary N) is 1. The Hall–Kier alpha value is -3.02. The summed E-state index contributed by atoms with van der Waals surface area (Å²) in [5, 5.41) is 2.65. The number of aromatic nitrogens is 1. The fourth-order valence-electron chi connectivity index (χ4n) is 1.88. The third-order valence-corrected chi connectivity index (χ3v) is 2.95. The van der Waals surface area contributed by atoms with Crippen molar-refractivity contribution in [2.45, 2.75) is 6.92 Å². The second kappa shape index (κ2) is 7.84. The molecule has 0 radical (unpaired) electrons. The average molecular weight is 313 g/mol. The van der Waals surface area contributed by atoms with Gasteiger partial charge in [-0.05, 0) is 42.8 Å². The van der Waals surface area contributed by atoms with Crippen LogP contribution >= 0.6 is 0 Å². The molecule has 6 nitrogen and oxygen atoms in total. The van der Waals surface area contributed by atoms with Gasteiger partial charge in [-0.2, -0.15) is 0 Å². The lowest BCUT2D eigenvalue weighted by Gasteiger charge is -2.09. The maximum atomic E-state index is 11.9. The van der Waals surface area contributed by atoms with Crippen molar-refractivity contribution in [1.82, 2.24) is 4.98 Å². The van der Waals surface area contributed by atoms with Gasteiger partial charge in [0.25, 0.3) is 0 Å². The molecule has 1 amide bonds. The van der Waals surface area contributed by atoms with E-state index in [1.54, 1.807) is 37.5 Å². The zero-order chi connectivity index (χ0) is 16.7. The molecule has 0 saturated carbocycles. The summed E-state index contributed by atoms with van der Waals surface area (Å²) in [4.78, 5) is 15.9. The third-order valence-electron chi connectivity index (χ3n) is 2.95. The molecule has 120 valence electrons. The Morgan fingerprint density at radius 3 is 2.78 bits per heavy atom. The van der Waals surface area contributed by atoms with Crippen molar-refractivity contribution in [1.29, 1.82) is 0 Å². The van der Waals surface area contributed by atoms with Crippen molar-refractivity contribution < 1.29 is 14.3 Å². The Morgan fingerprint density at radius 1 is 1.30 bits per heavy atom. The van der Waals surface area contributed by atoms with Crippen LogP contribution in [0.5, 0.6) is 11.5 Å². The van der Waals surface area contributed by atoms with Crippen molar-refractivity contribution in [3.8, 4) is 11.5 Å². The van der Waals surface area contributed by atoms with Gasteiger partial charge < -0.3 is 20.5 Å². The number of anilines is 2. The van der Waals surface area contributed by atoms with Gasteiger partial charge in [-0.15, -0.1) is 0 Å². The first-order valence-corrected chi connectivity index (χ1v) is 7.13. The van der Waals surface area contributed by atoms with Crippen molar-refractivity contribution >= 4 is 23.5 Å². The Bertz CT molecular complexity index is 697. The van der Waals surface area contributed by atoms with E-state index >= 15 is 0 Å². The summed E-state index contributed by atoms with van der Waals surface area (Å²) in [5.74, 6) is 1.45. The van der Waals surface area contributed by atoms with Crippen molar-refractivity contribution in [2.24, 2.45) is 0 Å². The van der Waals surface area contributed by atoms with Crippen molar-refractivity contribution in [3.05, 3.63) is 48.2 Å². The smallest absolute Gasteiger partial charge is 0.249 e. The predicted octanol–water partition coefficient (Wildman–Crippen LogP) is 2.72. The fraction of sp³-hybridized carbons (Fsp3) is 0.176. The number of pyridine rings is 1. The molecule has 0 saturated heterocycles. The van der Waals surface area contributed by atoms with Crippen LogP contribution in [0.4, 0.5) is 11.5 Å². The topological polar surface area (TPSA) is 86.5 Å². The Kier molecular flexibility index (Phi) is 5.57. The Morgan fingerprint density at radius 2 is 2.13 bits per heavy atom. The minimum Gasteiger partial charge on any atom is -0.493 e. The zero-order valence-electron chi connectivity index (χ0n) is 13.1. The van der Waals surface area contributed by atoms with Crippen LogP contribution in [-0.4, -0.2) is 24.6 Å². The molecule has 23 heavy (non-hydrogen) atoms. The third kappa shape index (κ3) is 4.74. The van der Waals surface area contributed by atoms with Crippen LogP contribution in [0, 0.1) is 0 Å². The summed E-state index contributed by atoms with van der Waals surface area (Å²) in [6.07, 6.45) is 4.59. The predicted molar refractivity (Wildman–Crippen MR) is 90.5 cm³/mol. The summed E-state index contributed by atoms with van der Waals surface area (Å²) < 4.78 is 10.7. The van der Waals surface area contributed by atoms with E-state index in [0.717, 1.165) is 5.56 Å². The van der Waals surface area contributed by atoms with Crippen molar-refractivity contribution in [2.75, 3.05) is 24.8 Å². The number of nitrogens with two attached hydrogens (primary N) is 1. The van der Waals surface area contributed by atoms with E-state index in [1.165, 1.54) is 12.3 Å². The molecule has 0 aliphatic heterocycles. The number of carbonyl (C=O) groups is 1. The molecular formula is C17H19N3O3. The first-order valence-electron chi connectivity index (χ1n) is 7.13. The number of rotatable bonds is 6. The number of ether oxygens (including phenoxy) is 2. The molecule has 1 aromatic heterocycles. The van der Waals surface area contributed by atoms with E-state index in [2.05, 4.69) is 10.3 Å². The van der Waals surface area contributed by atoms with Gasteiger partial charge in [-0.3, -0.25) is 4.79 Å². The number of hydrogen-bond acceptors (Lipinski definition) is 5. The van der Waals surface area contributed by atoms with E-state index < -0.39 is 0 Å². The van der Waals surface area contributed by atoms with E-state index in [0.29, 0.717) is 29.6 Å². The van der Waals surface area contributed by atoms with Crippen LogP contribution in [0.3, 0.4) is 0 Å². The lowest BCUT2D eigenvalue weighted by Crippen LogP contribution is -2.09. The highest BCUT2D eigenvalue weighted by Crippen LogP contribution is 2.28. The number of nitrogens with zero attached hydrogens (tertiary/aromatic N) is 1. The second-order valence-corrected chi connectivity index (χ2v) is 4.64. The quantitative estimate of drug-likeness (QED) is 0.801. The standard InChI is InChI=1S/C17H19N3O3/c1-3-23-14-7-4-12(10-15(14)22-2)5-9-17(21)20-16-8-6-13(18)11-19-16/h4-11H,3,18H2,1-2H3,(H,19,20,21)/b9-5+. The normalized spacial score (nSPS) is 10.5. The minimum atomic E-state index is -0.282. The largest absolute Gasteiger partial charge is 0.493 e. The summed E-state index contributed by atoms with van der Waals surface area (Å²) in [6, 6.07) is 8.76. The summed E-state index contributed by atoms with van der Waals surface area (Å²) in [6.45, 7) is 2.46. The maximum Gasteiger partial charge on any atom is 0.249 e. The molecule has 2 aromatic rings. The average Bonchev–Trinajstić information content (AvgIpc) is 2.56. The molecule has 0 spiro atoms. The molecule has 0 atom stereocenters. The van der Waals surface area contributed by atoms with Crippen LogP contribution in [0.15, 0.2) is 42.6 Å². The highest BCUT2D eigenvalue weighted by Gasteiger charge is 2.04. The van der Waals surface area contributed by atoms with Gasteiger partial charge in [-0.1, -0.05) is 6.07 Å². The Labute approximate surface area is 134 Å². The van der Waals surface area contributed by atoms with E-state index in [4.69, 9.17) is 15.2 Å². The number of nitrogen functional groups attached to an aromatic ring is 1. The van der Waals surface area contributed by atoms with E-state index in [1.807, 2.05) is 13.0 Å². The lowest BCUT2D eigenvalue weighted by atomic mass is 10.2. The molecule has 0 aliphatic rings. The van der Waals surface area contributed by atoms with E-state index in [-0.39, 0.29) is 5.91 Å². The molecule has 1 heterocycles. The molecule has 0 bridgehead atoms. The highest BCUT2D eigenvalue weighted by molar-refractivity contribution is 6.01. The molecule has 3 N–H and O–H groups in total. The van der Waals surface area contributed by atoms with Gasteiger partial charge >= 0.3 is 0 Å². The van der Waals surface area contributed by atoms with Crippen LogP contribution < -0.4 is 20.5 Å². The van der Waals surface area contributed by atoms with Crippen LogP contribution in [0.1, 0.15) is 12.5 Å². The SMILES string of the molecule is CCOc1ccc(/C=C/C(=O)Nc2ccc(N)cn2)cc1OC. The van der Waals surface area contributed by atoms with Crippen LogP contribution in [0.2, 0.25) is 0 Å². The number of benzene rings is 1. The number of carbonyl (C=O) groups excluding carboxylic acids is 1. The first kappa shape index (κ1) is 16.4. The number of hydrogen-bond donors (Lipinski definition) is 2. The van der Waals surface area contributed by atoms with Gasteiger partial charge in [0.2, 0.25) is 5.91 Å². The summed E-state index contributed by atoms with van der Waals surface area (Å²) in [5.41, 5.74) is 6.91. The first-order chi connectivity index (χ1) is 11.1. The van der Waals surface area contributed by atoms with Gasteiger partial charge in [0.05, 0.1) is 25.6 Å². The second-order valence-electron chi connectivity index (χ2n) is 4.64. The molecule has 2 rings (SSSR count). The van der Waals surface area contributed by atoms with Gasteiger partial charge in [0, 0.05) is 6.08 Å². The molecule has 1 aromatic carbocycles. The van der Waals surface area contributed by atoms with E-state index in [9.17, 15) is 4.79 Å². The lowest BCUT2D eigenvalue weighted by molar-refractivity contribution is -0.111. The van der Waals surface area contributed by atoms with Gasteiger partial charge in [0.15, 0.2) is 11.5 Å². The fourth-order valence-corrected chi connectivity index (χ4v) is 1.88.